The van der Waals surface area contributed by atoms with Gasteiger partial charge in [-0.25, -0.2) is 0 Å². The molecule has 88 valence electrons. The molecule has 1 aliphatic carbocycles. The van der Waals surface area contributed by atoms with E-state index >= 15 is 0 Å². The molecule has 1 N–H and O–H groups in total. The van der Waals surface area contributed by atoms with E-state index in [0.29, 0.717) is 0 Å². The van der Waals surface area contributed by atoms with Gasteiger partial charge in [0.2, 0.25) is 0 Å². The molecule has 1 fully saturated rings. The highest BCUT2D eigenvalue weighted by molar-refractivity contribution is 5.23. The Morgan fingerprint density at radius 3 is 2.69 bits per heavy atom. The number of rotatable bonds is 3. The Hall–Kier alpha value is -1.10. The highest BCUT2D eigenvalue weighted by atomic mass is 19.4. The third kappa shape index (κ3) is 2.52. The first-order valence-corrected chi connectivity index (χ1v) is 5.17. The Kier molecular flexibility index (Phi) is 2.88. The van der Waals surface area contributed by atoms with Gasteiger partial charge < -0.3 is 5.11 Å². The Morgan fingerprint density at radius 1 is 1.44 bits per heavy atom. The molecule has 5 heteroatoms. The predicted octanol–water partition coefficient (Wildman–Crippen LogP) is 2.41. The minimum Gasteiger partial charge on any atom is -0.392 e. The molecule has 1 saturated carbocycles. The van der Waals surface area contributed by atoms with Crippen molar-refractivity contribution in [3.05, 3.63) is 29.6 Å². The number of hydrogen-bond acceptors (Lipinski definition) is 2. The predicted molar refractivity (Wildman–Crippen MR) is 51.7 cm³/mol. The summed E-state index contributed by atoms with van der Waals surface area (Å²) in [6.45, 7) is 0. The number of aromatic nitrogens is 1. The smallest absolute Gasteiger partial charge is 0.392 e. The second-order valence-corrected chi connectivity index (χ2v) is 4.10. The van der Waals surface area contributed by atoms with E-state index in [1.54, 1.807) is 0 Å². The van der Waals surface area contributed by atoms with Crippen LogP contribution in [0.4, 0.5) is 13.2 Å². The van der Waals surface area contributed by atoms with E-state index in [2.05, 4.69) is 4.98 Å². The van der Waals surface area contributed by atoms with Gasteiger partial charge in [0.1, 0.15) is 0 Å². The van der Waals surface area contributed by atoms with Gasteiger partial charge in [-0.1, -0.05) is 0 Å². The molecule has 1 aliphatic rings. The van der Waals surface area contributed by atoms with Crippen LogP contribution in [-0.2, 0) is 12.6 Å². The van der Waals surface area contributed by atoms with Crippen LogP contribution in [0.5, 0.6) is 0 Å². The molecule has 1 atom stereocenters. The zero-order chi connectivity index (χ0) is 11.8. The number of pyridine rings is 1. The Bertz CT molecular complexity index is 374. The number of alkyl halides is 3. The molecule has 16 heavy (non-hydrogen) atoms. The van der Waals surface area contributed by atoms with Crippen LogP contribution >= 0.6 is 0 Å². The van der Waals surface area contributed by atoms with Gasteiger partial charge in [0.25, 0.3) is 0 Å². The van der Waals surface area contributed by atoms with Crippen molar-refractivity contribution in [3.63, 3.8) is 0 Å². The van der Waals surface area contributed by atoms with Crippen LogP contribution in [0.2, 0.25) is 0 Å². The highest BCUT2D eigenvalue weighted by Crippen LogP contribution is 2.36. The van der Waals surface area contributed by atoms with E-state index in [-0.39, 0.29) is 18.0 Å². The van der Waals surface area contributed by atoms with Gasteiger partial charge in [-0.05, 0) is 30.9 Å². The lowest BCUT2D eigenvalue weighted by molar-refractivity contribution is -0.138. The molecule has 1 heterocycles. The van der Waals surface area contributed by atoms with Gasteiger partial charge in [0.05, 0.1) is 17.4 Å². The third-order valence-corrected chi connectivity index (χ3v) is 2.76. The topological polar surface area (TPSA) is 33.1 Å². The second kappa shape index (κ2) is 4.05. The molecule has 0 aromatic carbocycles. The molecule has 0 amide bonds. The zero-order valence-electron chi connectivity index (χ0n) is 8.54. The Morgan fingerprint density at radius 2 is 2.12 bits per heavy atom. The molecule has 2 rings (SSSR count). The monoisotopic (exact) mass is 231 g/mol. The minimum absolute atomic E-state index is 0.0135. The van der Waals surface area contributed by atoms with Crippen molar-refractivity contribution in [1.82, 2.24) is 4.98 Å². The maximum absolute atomic E-state index is 12.6. The largest absolute Gasteiger partial charge is 0.418 e. The fourth-order valence-electron chi connectivity index (χ4n) is 1.70. The summed E-state index contributed by atoms with van der Waals surface area (Å²) in [6.07, 6.45) is -1.99. The lowest BCUT2D eigenvalue weighted by atomic mass is 10.0. The maximum atomic E-state index is 12.6. The van der Waals surface area contributed by atoms with Crippen LogP contribution in [0.3, 0.4) is 0 Å². The SMILES string of the molecule is OC(Cc1ncccc1C(F)(F)F)C1CC1. The molecule has 2 nitrogen and oxygen atoms in total. The average molecular weight is 231 g/mol. The molecular weight excluding hydrogens is 219 g/mol. The van der Waals surface area contributed by atoms with Crippen molar-refractivity contribution in [1.29, 1.82) is 0 Å². The summed E-state index contributed by atoms with van der Waals surface area (Å²) in [7, 11) is 0. The molecule has 0 aliphatic heterocycles. The lowest BCUT2D eigenvalue weighted by Gasteiger charge is -2.14. The van der Waals surface area contributed by atoms with Crippen LogP contribution in [0, 0.1) is 5.92 Å². The summed E-state index contributed by atoms with van der Waals surface area (Å²) in [5, 5.41) is 9.63. The van der Waals surface area contributed by atoms with Crippen LogP contribution in [0.1, 0.15) is 24.1 Å². The second-order valence-electron chi connectivity index (χ2n) is 4.10. The molecule has 0 spiro atoms. The van der Waals surface area contributed by atoms with E-state index in [1.807, 2.05) is 0 Å². The van der Waals surface area contributed by atoms with E-state index in [0.717, 1.165) is 18.9 Å². The average Bonchev–Trinajstić information content (AvgIpc) is 2.99. The molecule has 0 radical (unpaired) electrons. The van der Waals surface area contributed by atoms with Gasteiger partial charge in [-0.3, -0.25) is 4.98 Å². The van der Waals surface area contributed by atoms with Crippen molar-refractivity contribution in [2.45, 2.75) is 31.5 Å². The molecule has 1 aromatic rings. The summed E-state index contributed by atoms with van der Waals surface area (Å²) < 4.78 is 37.8. The quantitative estimate of drug-likeness (QED) is 0.866. The first-order chi connectivity index (χ1) is 7.48. The van der Waals surface area contributed by atoms with Gasteiger partial charge in [0.15, 0.2) is 0 Å². The van der Waals surface area contributed by atoms with Crippen molar-refractivity contribution >= 4 is 0 Å². The molecule has 1 aromatic heterocycles. The summed E-state index contributed by atoms with van der Waals surface area (Å²) in [5.74, 6) is 0.156. The van der Waals surface area contributed by atoms with Crippen LogP contribution in [0.15, 0.2) is 18.3 Å². The number of hydrogen-bond donors (Lipinski definition) is 1. The molecule has 0 saturated heterocycles. The van der Waals surface area contributed by atoms with E-state index in [9.17, 15) is 18.3 Å². The van der Waals surface area contributed by atoms with Gasteiger partial charge in [-0.2, -0.15) is 13.2 Å². The zero-order valence-corrected chi connectivity index (χ0v) is 8.54. The number of nitrogens with zero attached hydrogens (tertiary/aromatic N) is 1. The van der Waals surface area contributed by atoms with E-state index in [4.69, 9.17) is 0 Å². The lowest BCUT2D eigenvalue weighted by Crippen LogP contribution is -2.18. The van der Waals surface area contributed by atoms with Gasteiger partial charge in [0, 0.05) is 12.6 Å². The van der Waals surface area contributed by atoms with Crippen LogP contribution < -0.4 is 0 Å². The van der Waals surface area contributed by atoms with Gasteiger partial charge in [-0.15, -0.1) is 0 Å². The molecule has 1 unspecified atom stereocenters. The van der Waals surface area contributed by atoms with Crippen LogP contribution in [0.25, 0.3) is 0 Å². The summed E-state index contributed by atoms with van der Waals surface area (Å²) in [6, 6.07) is 2.26. The summed E-state index contributed by atoms with van der Waals surface area (Å²) in [4.78, 5) is 3.72. The van der Waals surface area contributed by atoms with Crippen molar-refractivity contribution < 1.29 is 18.3 Å². The van der Waals surface area contributed by atoms with E-state index in [1.165, 1.54) is 12.3 Å². The van der Waals surface area contributed by atoms with Gasteiger partial charge >= 0.3 is 6.18 Å². The maximum Gasteiger partial charge on any atom is 0.418 e. The van der Waals surface area contributed by atoms with Crippen molar-refractivity contribution in [3.8, 4) is 0 Å². The first kappa shape index (κ1) is 11.4. The summed E-state index contributed by atoms with van der Waals surface area (Å²) in [5.41, 5.74) is -0.802. The molecule has 0 bridgehead atoms. The Balaban J connectivity index is 2.19. The van der Waals surface area contributed by atoms with Crippen molar-refractivity contribution in [2.24, 2.45) is 5.92 Å². The van der Waals surface area contributed by atoms with Crippen LogP contribution in [-0.4, -0.2) is 16.2 Å². The van der Waals surface area contributed by atoms with Crippen molar-refractivity contribution in [2.75, 3.05) is 0 Å². The summed E-state index contributed by atoms with van der Waals surface area (Å²) >= 11 is 0. The number of aliphatic hydroxyl groups excluding tert-OH is 1. The highest BCUT2D eigenvalue weighted by Gasteiger charge is 2.36. The fourth-order valence-corrected chi connectivity index (χ4v) is 1.70. The normalized spacial score (nSPS) is 18.5. The Labute approximate surface area is 91.1 Å². The van der Waals surface area contributed by atoms with E-state index < -0.39 is 17.8 Å². The third-order valence-electron chi connectivity index (χ3n) is 2.76. The minimum atomic E-state index is -4.40. The number of aliphatic hydroxyl groups is 1. The first-order valence-electron chi connectivity index (χ1n) is 5.17. The number of halogens is 3. The fraction of sp³-hybridized carbons (Fsp3) is 0.545. The standard InChI is InChI=1S/C11H12F3NO/c12-11(13,14)8-2-1-5-15-9(8)6-10(16)7-3-4-7/h1-2,5,7,10,16H,3-4,6H2. The molecular formula is C11H12F3NO.